The number of nitrogen functional groups attached to an aromatic ring is 1. The second-order valence-corrected chi connectivity index (χ2v) is 5.81. The molecule has 0 saturated carbocycles. The average Bonchev–Trinajstić information content (AvgIpc) is 2.87. The van der Waals surface area contributed by atoms with E-state index in [1.807, 2.05) is 18.2 Å². The lowest BCUT2D eigenvalue weighted by Crippen LogP contribution is -2.30. The summed E-state index contributed by atoms with van der Waals surface area (Å²) in [6.45, 7) is 4.34. The summed E-state index contributed by atoms with van der Waals surface area (Å²) < 4.78 is 0.968. The minimum Gasteiger partial charge on any atom is -0.296 e. The molecule has 4 nitrogen and oxygen atoms in total. The Kier molecular flexibility index (Phi) is 4.96. The number of carbonyl (C=O) groups is 1. The molecule has 1 fully saturated rings. The van der Waals surface area contributed by atoms with Gasteiger partial charge in [-0.25, -0.2) is 5.84 Å². The zero-order valence-corrected chi connectivity index (χ0v) is 12.7. The van der Waals surface area contributed by atoms with Crippen molar-refractivity contribution in [1.82, 2.24) is 10.3 Å². The van der Waals surface area contributed by atoms with Gasteiger partial charge in [-0.3, -0.25) is 15.1 Å². The number of hydrazine groups is 1. The molecule has 1 amide bonds. The lowest BCUT2D eigenvalue weighted by Gasteiger charge is -2.24. The maximum atomic E-state index is 11.5. The van der Waals surface area contributed by atoms with Crippen molar-refractivity contribution in [1.29, 1.82) is 0 Å². The normalized spacial score (nSPS) is 19.6. The van der Waals surface area contributed by atoms with Crippen molar-refractivity contribution >= 4 is 21.8 Å². The number of hydrogen-bond donors (Lipinski definition) is 2. The van der Waals surface area contributed by atoms with E-state index >= 15 is 0 Å². The summed E-state index contributed by atoms with van der Waals surface area (Å²) in [5.41, 5.74) is 3.94. The van der Waals surface area contributed by atoms with Gasteiger partial charge in [-0.05, 0) is 43.5 Å². The molecule has 19 heavy (non-hydrogen) atoms. The summed E-state index contributed by atoms with van der Waals surface area (Å²) in [5, 5.41) is 0. The first-order valence-corrected chi connectivity index (χ1v) is 7.48. The Bertz CT molecular complexity index is 464. The molecule has 1 unspecified atom stereocenters. The van der Waals surface area contributed by atoms with Crippen molar-refractivity contribution < 1.29 is 4.79 Å². The van der Waals surface area contributed by atoms with Gasteiger partial charge in [0.2, 0.25) is 0 Å². The molecule has 3 N–H and O–H groups in total. The molecule has 1 aliphatic rings. The van der Waals surface area contributed by atoms with E-state index in [1.165, 1.54) is 24.8 Å². The quantitative estimate of drug-likeness (QED) is 0.508. The molecule has 1 heterocycles. The average molecular weight is 326 g/mol. The predicted molar refractivity (Wildman–Crippen MR) is 79.5 cm³/mol. The molecule has 1 saturated heterocycles. The summed E-state index contributed by atoms with van der Waals surface area (Å²) >= 11 is 3.55. The zero-order chi connectivity index (χ0) is 13.8. The van der Waals surface area contributed by atoms with Crippen LogP contribution in [-0.2, 0) is 6.54 Å². The van der Waals surface area contributed by atoms with Gasteiger partial charge in [0.15, 0.2) is 0 Å². The monoisotopic (exact) mass is 325 g/mol. The fraction of sp³-hybridized carbons (Fsp3) is 0.500. The molecule has 104 valence electrons. The van der Waals surface area contributed by atoms with Gasteiger partial charge in [0, 0.05) is 22.6 Å². The number of nitrogens with two attached hydrogens (primary N) is 1. The number of rotatable bonds is 4. The van der Waals surface area contributed by atoms with Crippen molar-refractivity contribution in [3.63, 3.8) is 0 Å². The van der Waals surface area contributed by atoms with Crippen LogP contribution >= 0.6 is 15.9 Å². The highest BCUT2D eigenvalue weighted by Crippen LogP contribution is 2.26. The number of likely N-dealkylation sites (tertiary alicyclic amines) is 1. The topological polar surface area (TPSA) is 58.4 Å². The number of amides is 1. The van der Waals surface area contributed by atoms with Crippen LogP contribution in [0.15, 0.2) is 22.7 Å². The largest absolute Gasteiger partial charge is 0.296 e. The minimum atomic E-state index is -0.264. The van der Waals surface area contributed by atoms with Crippen molar-refractivity contribution in [2.24, 2.45) is 5.84 Å². The first-order chi connectivity index (χ1) is 9.15. The zero-order valence-electron chi connectivity index (χ0n) is 11.2. The Labute approximate surface area is 122 Å². The minimum absolute atomic E-state index is 0.264. The van der Waals surface area contributed by atoms with E-state index in [9.17, 15) is 4.79 Å². The van der Waals surface area contributed by atoms with Gasteiger partial charge < -0.3 is 0 Å². The van der Waals surface area contributed by atoms with Crippen molar-refractivity contribution in [3.8, 4) is 0 Å². The Morgan fingerprint density at radius 3 is 3.00 bits per heavy atom. The van der Waals surface area contributed by atoms with Crippen molar-refractivity contribution in [2.75, 3.05) is 6.54 Å². The fourth-order valence-corrected chi connectivity index (χ4v) is 3.19. The van der Waals surface area contributed by atoms with E-state index in [0.29, 0.717) is 11.6 Å². The Morgan fingerprint density at radius 2 is 2.37 bits per heavy atom. The number of nitrogens with one attached hydrogen (secondary N) is 1. The highest BCUT2D eigenvalue weighted by molar-refractivity contribution is 9.10. The molecule has 1 aromatic rings. The van der Waals surface area contributed by atoms with Gasteiger partial charge in [-0.15, -0.1) is 0 Å². The molecule has 0 radical (unpaired) electrons. The molecule has 0 spiro atoms. The number of halogens is 1. The number of carbonyl (C=O) groups excluding carboxylic acids is 1. The van der Waals surface area contributed by atoms with Gasteiger partial charge in [-0.2, -0.15) is 0 Å². The summed E-state index contributed by atoms with van der Waals surface area (Å²) in [6.07, 6.45) is 3.77. The van der Waals surface area contributed by atoms with Crippen LogP contribution < -0.4 is 11.3 Å². The maximum absolute atomic E-state index is 11.5. The molecular weight excluding hydrogens is 306 g/mol. The summed E-state index contributed by atoms with van der Waals surface area (Å²) in [6, 6.07) is 6.34. The van der Waals surface area contributed by atoms with Crippen LogP contribution in [0.5, 0.6) is 0 Å². The van der Waals surface area contributed by atoms with E-state index in [4.69, 9.17) is 5.84 Å². The Balaban J connectivity index is 2.11. The summed E-state index contributed by atoms with van der Waals surface area (Å²) in [5.74, 6) is 4.87. The van der Waals surface area contributed by atoms with Crippen LogP contribution in [0.25, 0.3) is 0 Å². The molecule has 0 bridgehead atoms. The van der Waals surface area contributed by atoms with Crippen LogP contribution in [-0.4, -0.2) is 23.4 Å². The molecule has 1 aromatic carbocycles. The first kappa shape index (κ1) is 14.5. The van der Waals surface area contributed by atoms with E-state index in [-0.39, 0.29) is 5.91 Å². The number of hydrogen-bond acceptors (Lipinski definition) is 3. The van der Waals surface area contributed by atoms with Crippen molar-refractivity contribution in [2.45, 2.75) is 38.8 Å². The number of benzene rings is 1. The molecule has 0 aromatic heterocycles. The second-order valence-electron chi connectivity index (χ2n) is 4.95. The molecular formula is C14H20BrN3O. The molecule has 2 rings (SSSR count). The van der Waals surface area contributed by atoms with Crippen molar-refractivity contribution in [3.05, 3.63) is 33.8 Å². The first-order valence-electron chi connectivity index (χ1n) is 6.69. The number of nitrogens with zero attached hydrogens (tertiary/aromatic N) is 1. The van der Waals surface area contributed by atoms with Gasteiger partial charge in [-0.1, -0.05) is 28.9 Å². The van der Waals surface area contributed by atoms with E-state index in [2.05, 4.69) is 33.2 Å². The second kappa shape index (κ2) is 6.50. The lowest BCUT2D eigenvalue weighted by molar-refractivity contribution is 0.0953. The molecule has 1 atom stereocenters. The standard InChI is InChI=1S/C14H20BrN3O/c1-2-12-4-3-7-18(12)9-11-6-5-10(8-13(11)15)14(19)17-16/h5-6,8,12H,2-4,7,9,16H2,1H3,(H,17,19). The summed E-state index contributed by atoms with van der Waals surface area (Å²) in [4.78, 5) is 14.0. The van der Waals surface area contributed by atoms with Gasteiger partial charge in [0.05, 0.1) is 0 Å². The van der Waals surface area contributed by atoms with E-state index in [0.717, 1.165) is 17.6 Å². The lowest BCUT2D eigenvalue weighted by atomic mass is 10.1. The third-order valence-electron chi connectivity index (χ3n) is 3.79. The predicted octanol–water partition coefficient (Wildman–Crippen LogP) is 2.43. The van der Waals surface area contributed by atoms with Crippen LogP contribution in [0, 0.1) is 0 Å². The SMILES string of the molecule is CCC1CCCN1Cc1ccc(C(=O)NN)cc1Br. The third-order valence-corrected chi connectivity index (χ3v) is 4.53. The van der Waals surface area contributed by atoms with E-state index < -0.39 is 0 Å². The molecule has 1 aliphatic heterocycles. The van der Waals surface area contributed by atoms with Crippen LogP contribution in [0.3, 0.4) is 0 Å². The van der Waals surface area contributed by atoms with Crippen LogP contribution in [0.4, 0.5) is 0 Å². The van der Waals surface area contributed by atoms with Gasteiger partial charge >= 0.3 is 0 Å². The van der Waals surface area contributed by atoms with Gasteiger partial charge in [0.1, 0.15) is 0 Å². The smallest absolute Gasteiger partial charge is 0.265 e. The summed E-state index contributed by atoms with van der Waals surface area (Å²) in [7, 11) is 0. The van der Waals surface area contributed by atoms with Crippen LogP contribution in [0.2, 0.25) is 0 Å². The Hall–Kier alpha value is -0.910. The third kappa shape index (κ3) is 3.35. The fourth-order valence-electron chi connectivity index (χ4n) is 2.68. The molecule has 5 heteroatoms. The maximum Gasteiger partial charge on any atom is 0.265 e. The molecule has 0 aliphatic carbocycles. The van der Waals surface area contributed by atoms with Crippen LogP contribution in [0.1, 0.15) is 42.1 Å². The van der Waals surface area contributed by atoms with E-state index in [1.54, 1.807) is 0 Å². The highest BCUT2D eigenvalue weighted by Gasteiger charge is 2.23. The van der Waals surface area contributed by atoms with Gasteiger partial charge in [0.25, 0.3) is 5.91 Å². The highest BCUT2D eigenvalue weighted by atomic mass is 79.9. The Morgan fingerprint density at radius 1 is 1.58 bits per heavy atom.